The van der Waals surface area contributed by atoms with Gasteiger partial charge in [0.05, 0.1) is 11.6 Å². The zero-order chi connectivity index (χ0) is 13.5. The Balaban J connectivity index is 1.63. The largest absolute Gasteiger partial charge is 0.494 e. The van der Waals surface area contributed by atoms with Crippen molar-refractivity contribution in [1.82, 2.24) is 10.3 Å². The van der Waals surface area contributed by atoms with Gasteiger partial charge in [-0.15, -0.1) is 0 Å². The Morgan fingerprint density at radius 3 is 2.79 bits per heavy atom. The van der Waals surface area contributed by atoms with Crippen LogP contribution in [0.4, 0.5) is 0 Å². The molecule has 1 heterocycles. The Bertz CT molecular complexity index is 525. The van der Waals surface area contributed by atoms with Gasteiger partial charge in [-0.05, 0) is 24.6 Å². The minimum absolute atomic E-state index is 0.161. The lowest BCUT2D eigenvalue weighted by Crippen LogP contribution is -2.25. The molecule has 0 radical (unpaired) electrons. The molecule has 5 heteroatoms. The average Bonchev–Trinajstić information content (AvgIpc) is 2.86. The predicted octanol–water partition coefficient (Wildman–Crippen LogP) is 2.87. The van der Waals surface area contributed by atoms with E-state index in [0.717, 1.165) is 12.2 Å². The molecule has 0 fully saturated rings. The number of para-hydroxylation sites is 1. The fourth-order valence-electron chi connectivity index (χ4n) is 1.58. The summed E-state index contributed by atoms with van der Waals surface area (Å²) in [5.74, 6) is 0.677. The lowest BCUT2D eigenvalue weighted by atomic mass is 10.3. The smallest absolute Gasteiger partial charge is 0.267 e. The maximum absolute atomic E-state index is 11.6. The van der Waals surface area contributed by atoms with E-state index in [2.05, 4.69) is 10.3 Å². The number of aromatic amines is 1. The van der Waals surface area contributed by atoms with Crippen LogP contribution in [0.5, 0.6) is 5.75 Å². The highest BCUT2D eigenvalue weighted by atomic mass is 35.5. The summed E-state index contributed by atoms with van der Waals surface area (Å²) in [5.41, 5.74) is 0.467. The molecule has 0 bridgehead atoms. The van der Waals surface area contributed by atoms with Gasteiger partial charge in [-0.25, -0.2) is 0 Å². The van der Waals surface area contributed by atoms with E-state index in [1.54, 1.807) is 12.3 Å². The maximum atomic E-state index is 11.6. The second-order valence-electron chi connectivity index (χ2n) is 4.00. The Morgan fingerprint density at radius 1 is 1.32 bits per heavy atom. The second-order valence-corrected chi connectivity index (χ2v) is 4.44. The minimum atomic E-state index is -0.161. The number of nitrogens with one attached hydrogen (secondary N) is 2. The van der Waals surface area contributed by atoms with Crippen LogP contribution >= 0.6 is 11.6 Å². The number of hydrogen-bond donors (Lipinski definition) is 2. The summed E-state index contributed by atoms with van der Waals surface area (Å²) >= 11 is 5.72. The number of ether oxygens (including phenoxy) is 1. The molecule has 1 amide bonds. The summed E-state index contributed by atoms with van der Waals surface area (Å²) in [7, 11) is 0. The van der Waals surface area contributed by atoms with Crippen molar-refractivity contribution in [3.63, 3.8) is 0 Å². The van der Waals surface area contributed by atoms with Crippen LogP contribution in [-0.2, 0) is 0 Å². The van der Waals surface area contributed by atoms with Crippen LogP contribution in [0.2, 0.25) is 5.02 Å². The molecule has 0 atom stereocenters. The average molecular weight is 279 g/mol. The van der Waals surface area contributed by atoms with Crippen LogP contribution in [0, 0.1) is 0 Å². The number of benzene rings is 1. The number of halogens is 1. The van der Waals surface area contributed by atoms with Gasteiger partial charge >= 0.3 is 0 Å². The van der Waals surface area contributed by atoms with Crippen LogP contribution in [-0.4, -0.2) is 24.0 Å². The van der Waals surface area contributed by atoms with Crippen molar-refractivity contribution in [2.45, 2.75) is 6.42 Å². The number of rotatable bonds is 6. The fourth-order valence-corrected chi connectivity index (χ4v) is 1.74. The van der Waals surface area contributed by atoms with Crippen LogP contribution in [0.15, 0.2) is 42.6 Å². The predicted molar refractivity (Wildman–Crippen MR) is 74.7 cm³/mol. The minimum Gasteiger partial charge on any atom is -0.494 e. The molecule has 2 aromatic rings. The highest BCUT2D eigenvalue weighted by Gasteiger charge is 2.06. The monoisotopic (exact) mass is 278 g/mol. The van der Waals surface area contributed by atoms with Crippen molar-refractivity contribution in [3.8, 4) is 5.75 Å². The Hall–Kier alpha value is -1.94. The van der Waals surface area contributed by atoms with Crippen LogP contribution < -0.4 is 10.1 Å². The molecule has 0 aliphatic heterocycles. The molecule has 1 aromatic carbocycles. The van der Waals surface area contributed by atoms with Crippen LogP contribution in [0.25, 0.3) is 0 Å². The first-order valence-electron chi connectivity index (χ1n) is 6.05. The number of hydrogen-bond acceptors (Lipinski definition) is 2. The van der Waals surface area contributed by atoms with E-state index in [1.165, 1.54) is 0 Å². The van der Waals surface area contributed by atoms with E-state index >= 15 is 0 Å². The highest BCUT2D eigenvalue weighted by molar-refractivity contribution is 6.30. The summed E-state index contributed by atoms with van der Waals surface area (Å²) < 4.78 is 5.52. The first-order valence-corrected chi connectivity index (χ1v) is 6.43. The maximum Gasteiger partial charge on any atom is 0.267 e. The Morgan fingerprint density at radius 2 is 2.11 bits per heavy atom. The molecule has 19 heavy (non-hydrogen) atoms. The van der Waals surface area contributed by atoms with Gasteiger partial charge in [0.1, 0.15) is 11.4 Å². The van der Waals surface area contributed by atoms with Gasteiger partial charge in [0, 0.05) is 12.7 Å². The van der Waals surface area contributed by atoms with Gasteiger partial charge < -0.3 is 15.0 Å². The topological polar surface area (TPSA) is 54.1 Å². The van der Waals surface area contributed by atoms with Crippen molar-refractivity contribution in [2.75, 3.05) is 13.2 Å². The van der Waals surface area contributed by atoms with E-state index < -0.39 is 0 Å². The third kappa shape index (κ3) is 4.34. The third-order valence-corrected chi connectivity index (χ3v) is 2.73. The summed E-state index contributed by atoms with van der Waals surface area (Å²) in [4.78, 5) is 14.4. The standard InChI is InChI=1S/C14H15ClN2O2/c15-11-9-13(17-10-11)14(18)16-7-4-8-19-12-5-2-1-3-6-12/h1-3,5-6,9-10,17H,4,7-8H2,(H,16,18). The molecule has 0 aliphatic carbocycles. The van der Waals surface area contributed by atoms with Crippen LogP contribution in [0.1, 0.15) is 16.9 Å². The summed E-state index contributed by atoms with van der Waals surface area (Å²) in [6.45, 7) is 1.12. The molecule has 0 aliphatic rings. The van der Waals surface area contributed by atoms with Crippen molar-refractivity contribution < 1.29 is 9.53 Å². The molecular weight excluding hydrogens is 264 g/mol. The van der Waals surface area contributed by atoms with Crippen LogP contribution in [0.3, 0.4) is 0 Å². The van der Waals surface area contributed by atoms with Crippen molar-refractivity contribution in [1.29, 1.82) is 0 Å². The lowest BCUT2D eigenvalue weighted by Gasteiger charge is -2.06. The Kier molecular flexibility index (Phi) is 4.86. The molecular formula is C14H15ClN2O2. The van der Waals surface area contributed by atoms with E-state index in [9.17, 15) is 4.79 Å². The van der Waals surface area contributed by atoms with E-state index in [1.807, 2.05) is 30.3 Å². The normalized spacial score (nSPS) is 10.2. The lowest BCUT2D eigenvalue weighted by molar-refractivity contribution is 0.0947. The summed E-state index contributed by atoms with van der Waals surface area (Å²) in [6.07, 6.45) is 2.32. The van der Waals surface area contributed by atoms with Gasteiger partial charge in [-0.2, -0.15) is 0 Å². The molecule has 2 N–H and O–H groups in total. The number of H-pyrrole nitrogens is 1. The molecule has 1 aromatic heterocycles. The molecule has 0 spiro atoms. The molecule has 2 rings (SSSR count). The second kappa shape index (κ2) is 6.85. The van der Waals surface area contributed by atoms with Gasteiger partial charge in [0.25, 0.3) is 5.91 Å². The van der Waals surface area contributed by atoms with E-state index in [4.69, 9.17) is 16.3 Å². The van der Waals surface area contributed by atoms with Gasteiger partial charge in [-0.1, -0.05) is 29.8 Å². The van der Waals surface area contributed by atoms with Crippen molar-refractivity contribution >= 4 is 17.5 Å². The van der Waals surface area contributed by atoms with E-state index in [0.29, 0.717) is 23.9 Å². The molecule has 100 valence electrons. The molecule has 0 unspecified atom stereocenters. The number of aromatic nitrogens is 1. The van der Waals surface area contributed by atoms with Crippen molar-refractivity contribution in [3.05, 3.63) is 53.3 Å². The zero-order valence-corrected chi connectivity index (χ0v) is 11.1. The quantitative estimate of drug-likeness (QED) is 0.799. The summed E-state index contributed by atoms with van der Waals surface area (Å²) in [5, 5.41) is 3.32. The van der Waals surface area contributed by atoms with Gasteiger partial charge in [0.2, 0.25) is 0 Å². The molecule has 0 saturated heterocycles. The first-order chi connectivity index (χ1) is 9.25. The summed E-state index contributed by atoms with van der Waals surface area (Å²) in [6, 6.07) is 11.2. The Labute approximate surface area is 116 Å². The van der Waals surface area contributed by atoms with Crippen molar-refractivity contribution in [2.24, 2.45) is 0 Å². The number of carbonyl (C=O) groups excluding carboxylic acids is 1. The molecule has 4 nitrogen and oxygen atoms in total. The fraction of sp³-hybridized carbons (Fsp3) is 0.214. The van der Waals surface area contributed by atoms with Gasteiger partial charge in [-0.3, -0.25) is 4.79 Å². The first kappa shape index (κ1) is 13.5. The van der Waals surface area contributed by atoms with E-state index in [-0.39, 0.29) is 5.91 Å². The third-order valence-electron chi connectivity index (χ3n) is 2.51. The zero-order valence-electron chi connectivity index (χ0n) is 10.4. The SMILES string of the molecule is O=C(NCCCOc1ccccc1)c1cc(Cl)c[nH]1. The highest BCUT2D eigenvalue weighted by Crippen LogP contribution is 2.09. The van der Waals surface area contributed by atoms with Gasteiger partial charge in [0.15, 0.2) is 0 Å². The number of amides is 1. The number of carbonyl (C=O) groups is 1. The molecule has 0 saturated carbocycles.